The number of urea groups is 1. The van der Waals surface area contributed by atoms with Gasteiger partial charge in [0, 0.05) is 17.3 Å². The van der Waals surface area contributed by atoms with E-state index in [1.165, 1.54) is 0 Å². The minimum Gasteiger partial charge on any atom is -0.387 e. The number of aliphatic hydroxyl groups is 1. The van der Waals surface area contributed by atoms with Crippen molar-refractivity contribution in [2.45, 2.75) is 26.4 Å². The zero-order valence-corrected chi connectivity index (χ0v) is 14.0. The van der Waals surface area contributed by atoms with E-state index in [1.807, 2.05) is 32.0 Å². The molecule has 3 N–H and O–H groups in total. The largest absolute Gasteiger partial charge is 0.387 e. The van der Waals surface area contributed by atoms with Crippen molar-refractivity contribution < 1.29 is 9.90 Å². The van der Waals surface area contributed by atoms with Gasteiger partial charge in [0.15, 0.2) is 0 Å². The van der Waals surface area contributed by atoms with Crippen molar-refractivity contribution in [1.82, 2.24) is 5.32 Å². The number of hydrogen-bond acceptors (Lipinski definition) is 2. The van der Waals surface area contributed by atoms with E-state index >= 15 is 0 Å². The standard InChI is InChI=1S/C18H21ClN2O2/c1-3-13-6-4-5-12(2)17(13)21-18(23)20-11-16(22)14-7-9-15(19)10-8-14/h4-10,16,22H,3,11H2,1-2H3,(H2,20,21,23). The average Bonchev–Trinajstić information content (AvgIpc) is 2.55. The molecular formula is C18H21ClN2O2. The molecule has 0 spiro atoms. The summed E-state index contributed by atoms with van der Waals surface area (Å²) in [4.78, 5) is 12.1. The van der Waals surface area contributed by atoms with E-state index in [2.05, 4.69) is 10.6 Å². The zero-order chi connectivity index (χ0) is 16.8. The van der Waals surface area contributed by atoms with Crippen LogP contribution in [0.15, 0.2) is 42.5 Å². The third kappa shape index (κ3) is 4.71. The molecule has 0 aliphatic carbocycles. The van der Waals surface area contributed by atoms with Crippen molar-refractivity contribution in [3.63, 3.8) is 0 Å². The number of para-hydroxylation sites is 1. The van der Waals surface area contributed by atoms with Gasteiger partial charge in [-0.05, 0) is 42.2 Å². The SMILES string of the molecule is CCc1cccc(C)c1NC(=O)NCC(O)c1ccc(Cl)cc1. The minimum absolute atomic E-state index is 0.126. The molecule has 0 radical (unpaired) electrons. The highest BCUT2D eigenvalue weighted by Crippen LogP contribution is 2.21. The van der Waals surface area contributed by atoms with E-state index in [0.717, 1.165) is 23.2 Å². The molecule has 0 aliphatic rings. The number of aliphatic hydroxyl groups excluding tert-OH is 1. The lowest BCUT2D eigenvalue weighted by Gasteiger charge is -2.16. The Morgan fingerprint density at radius 2 is 1.91 bits per heavy atom. The number of nitrogens with one attached hydrogen (secondary N) is 2. The number of carbonyl (C=O) groups excluding carboxylic acids is 1. The van der Waals surface area contributed by atoms with Crippen LogP contribution in [0.1, 0.15) is 29.7 Å². The Labute approximate surface area is 141 Å². The highest BCUT2D eigenvalue weighted by Gasteiger charge is 2.11. The Balaban J connectivity index is 1.94. The first-order valence-corrected chi connectivity index (χ1v) is 7.96. The maximum Gasteiger partial charge on any atom is 0.319 e. The predicted molar refractivity (Wildman–Crippen MR) is 94.0 cm³/mol. The second kappa shape index (κ2) is 7.99. The Kier molecular flexibility index (Phi) is 6.02. The van der Waals surface area contributed by atoms with Crippen molar-refractivity contribution in [1.29, 1.82) is 0 Å². The Bertz CT molecular complexity index is 671. The summed E-state index contributed by atoms with van der Waals surface area (Å²) in [5.74, 6) is 0. The maximum absolute atomic E-state index is 12.1. The Morgan fingerprint density at radius 1 is 1.22 bits per heavy atom. The summed E-state index contributed by atoms with van der Waals surface area (Å²) in [7, 11) is 0. The van der Waals surface area contributed by atoms with Gasteiger partial charge in [-0.25, -0.2) is 4.79 Å². The minimum atomic E-state index is -0.777. The zero-order valence-electron chi connectivity index (χ0n) is 13.3. The van der Waals surface area contributed by atoms with Crippen molar-refractivity contribution in [3.8, 4) is 0 Å². The molecule has 2 aromatic rings. The molecule has 4 nitrogen and oxygen atoms in total. The number of benzene rings is 2. The average molecular weight is 333 g/mol. The maximum atomic E-state index is 12.1. The fourth-order valence-electron chi connectivity index (χ4n) is 2.35. The monoisotopic (exact) mass is 332 g/mol. The molecule has 1 unspecified atom stereocenters. The molecule has 0 aliphatic heterocycles. The second-order valence-corrected chi connectivity index (χ2v) is 5.80. The molecule has 2 amide bonds. The van der Waals surface area contributed by atoms with Gasteiger partial charge in [-0.15, -0.1) is 0 Å². The van der Waals surface area contributed by atoms with Gasteiger partial charge in [-0.2, -0.15) is 0 Å². The van der Waals surface area contributed by atoms with Gasteiger partial charge in [0.05, 0.1) is 6.10 Å². The summed E-state index contributed by atoms with van der Waals surface area (Å²) in [5, 5.41) is 16.3. The predicted octanol–water partition coefficient (Wildman–Crippen LogP) is 4.07. The molecule has 2 aromatic carbocycles. The van der Waals surface area contributed by atoms with Crippen LogP contribution in [0.3, 0.4) is 0 Å². The summed E-state index contributed by atoms with van der Waals surface area (Å²) in [6, 6.07) is 12.5. The molecule has 0 aromatic heterocycles. The molecule has 23 heavy (non-hydrogen) atoms. The third-order valence-corrected chi connectivity index (χ3v) is 3.94. The number of carbonyl (C=O) groups is 1. The third-order valence-electron chi connectivity index (χ3n) is 3.69. The summed E-state index contributed by atoms with van der Waals surface area (Å²) in [6.07, 6.45) is 0.0607. The number of rotatable bonds is 5. The number of aryl methyl sites for hydroxylation is 2. The van der Waals surface area contributed by atoms with Crippen LogP contribution in [-0.4, -0.2) is 17.7 Å². The molecule has 0 heterocycles. The molecule has 5 heteroatoms. The van der Waals surface area contributed by atoms with Crippen LogP contribution in [-0.2, 0) is 6.42 Å². The van der Waals surface area contributed by atoms with Gasteiger partial charge in [0.25, 0.3) is 0 Å². The van der Waals surface area contributed by atoms with E-state index in [9.17, 15) is 9.90 Å². The van der Waals surface area contributed by atoms with E-state index in [1.54, 1.807) is 24.3 Å². The normalized spacial score (nSPS) is 11.8. The lowest BCUT2D eigenvalue weighted by Crippen LogP contribution is -2.32. The summed E-state index contributed by atoms with van der Waals surface area (Å²) < 4.78 is 0. The van der Waals surface area contributed by atoms with Gasteiger partial charge in [0.1, 0.15) is 0 Å². The van der Waals surface area contributed by atoms with Crippen molar-refractivity contribution >= 4 is 23.3 Å². The molecule has 0 saturated carbocycles. The van der Waals surface area contributed by atoms with Crippen molar-refractivity contribution in [2.75, 3.05) is 11.9 Å². The molecule has 122 valence electrons. The fraction of sp³-hybridized carbons (Fsp3) is 0.278. The highest BCUT2D eigenvalue weighted by molar-refractivity contribution is 6.30. The summed E-state index contributed by atoms with van der Waals surface area (Å²) >= 11 is 5.82. The van der Waals surface area contributed by atoms with Gasteiger partial charge in [-0.1, -0.05) is 48.9 Å². The first kappa shape index (κ1) is 17.3. The van der Waals surface area contributed by atoms with E-state index in [4.69, 9.17) is 11.6 Å². The van der Waals surface area contributed by atoms with E-state index in [-0.39, 0.29) is 12.6 Å². The van der Waals surface area contributed by atoms with Crippen LogP contribution in [0.5, 0.6) is 0 Å². The Hall–Kier alpha value is -2.04. The molecule has 0 bridgehead atoms. The van der Waals surface area contributed by atoms with Gasteiger partial charge in [0.2, 0.25) is 0 Å². The van der Waals surface area contributed by atoms with Crippen molar-refractivity contribution in [3.05, 3.63) is 64.2 Å². The number of hydrogen-bond donors (Lipinski definition) is 3. The van der Waals surface area contributed by atoms with Gasteiger partial charge >= 0.3 is 6.03 Å². The van der Waals surface area contributed by atoms with Gasteiger partial charge < -0.3 is 15.7 Å². The summed E-state index contributed by atoms with van der Waals surface area (Å²) in [5.41, 5.74) is 3.63. The van der Waals surface area contributed by atoms with Crippen LogP contribution in [0.25, 0.3) is 0 Å². The van der Waals surface area contributed by atoms with Crippen LogP contribution in [0, 0.1) is 6.92 Å². The highest BCUT2D eigenvalue weighted by atomic mass is 35.5. The Morgan fingerprint density at radius 3 is 2.57 bits per heavy atom. The van der Waals surface area contributed by atoms with Gasteiger partial charge in [-0.3, -0.25) is 0 Å². The smallest absolute Gasteiger partial charge is 0.319 e. The van der Waals surface area contributed by atoms with Crippen LogP contribution in [0.4, 0.5) is 10.5 Å². The molecule has 0 fully saturated rings. The molecular weight excluding hydrogens is 312 g/mol. The summed E-state index contributed by atoms with van der Waals surface area (Å²) in [6.45, 7) is 4.13. The van der Waals surface area contributed by atoms with Crippen LogP contribution < -0.4 is 10.6 Å². The van der Waals surface area contributed by atoms with Crippen LogP contribution in [0.2, 0.25) is 5.02 Å². The van der Waals surface area contributed by atoms with Crippen molar-refractivity contribution in [2.24, 2.45) is 0 Å². The van der Waals surface area contributed by atoms with Crippen LogP contribution >= 0.6 is 11.6 Å². The lowest BCUT2D eigenvalue weighted by atomic mass is 10.1. The number of halogens is 1. The molecule has 2 rings (SSSR count). The quantitative estimate of drug-likeness (QED) is 0.773. The first-order chi connectivity index (χ1) is 11.0. The molecule has 1 atom stereocenters. The fourth-order valence-corrected chi connectivity index (χ4v) is 2.48. The second-order valence-electron chi connectivity index (χ2n) is 5.36. The topological polar surface area (TPSA) is 61.4 Å². The number of anilines is 1. The first-order valence-electron chi connectivity index (χ1n) is 7.58. The van der Waals surface area contributed by atoms with E-state index < -0.39 is 6.10 Å². The van der Waals surface area contributed by atoms with E-state index in [0.29, 0.717) is 10.6 Å². The number of amides is 2. The molecule has 0 saturated heterocycles. The lowest BCUT2D eigenvalue weighted by molar-refractivity contribution is 0.175.